The molecule has 0 heterocycles. The molecule has 0 fully saturated rings. The zero-order valence-electron chi connectivity index (χ0n) is 21.4. The molecular formula is C30H27N3O5S. The van der Waals surface area contributed by atoms with Crippen molar-refractivity contribution < 1.29 is 22.7 Å². The number of aryl methyl sites for hydroxylation is 2. The SMILES string of the molecule is Cc1ccc(C)c(N(CC(=O)N/N=C\c2ccc(OC(=O)c3ccccc3)cc2)S(=O)(=O)c2ccccc2)c1. The van der Waals surface area contributed by atoms with Crippen molar-refractivity contribution >= 4 is 33.8 Å². The first-order valence-corrected chi connectivity index (χ1v) is 13.5. The lowest BCUT2D eigenvalue weighted by Gasteiger charge is -2.25. The number of hydrazone groups is 1. The monoisotopic (exact) mass is 541 g/mol. The number of benzene rings is 4. The highest BCUT2D eigenvalue weighted by atomic mass is 32.2. The van der Waals surface area contributed by atoms with Crippen LogP contribution in [0.1, 0.15) is 27.0 Å². The smallest absolute Gasteiger partial charge is 0.343 e. The second-order valence-corrected chi connectivity index (χ2v) is 10.6. The molecule has 0 radical (unpaired) electrons. The van der Waals surface area contributed by atoms with E-state index in [2.05, 4.69) is 10.5 Å². The minimum absolute atomic E-state index is 0.0789. The molecule has 0 spiro atoms. The Morgan fingerprint density at radius 2 is 1.51 bits per heavy atom. The second kappa shape index (κ2) is 12.2. The molecule has 0 aliphatic carbocycles. The highest BCUT2D eigenvalue weighted by Crippen LogP contribution is 2.27. The van der Waals surface area contributed by atoms with E-state index in [1.165, 1.54) is 18.3 Å². The lowest BCUT2D eigenvalue weighted by Crippen LogP contribution is -2.40. The molecule has 0 saturated carbocycles. The van der Waals surface area contributed by atoms with Gasteiger partial charge in [0.25, 0.3) is 15.9 Å². The van der Waals surface area contributed by atoms with Gasteiger partial charge in [-0.05, 0) is 85.1 Å². The third kappa shape index (κ3) is 6.97. The quantitative estimate of drug-likeness (QED) is 0.141. The number of hydrogen-bond donors (Lipinski definition) is 1. The normalized spacial score (nSPS) is 11.2. The van der Waals surface area contributed by atoms with Gasteiger partial charge in [-0.15, -0.1) is 0 Å². The van der Waals surface area contributed by atoms with Crippen LogP contribution < -0.4 is 14.5 Å². The molecule has 9 heteroatoms. The van der Waals surface area contributed by atoms with Gasteiger partial charge < -0.3 is 4.74 Å². The van der Waals surface area contributed by atoms with Crippen LogP contribution >= 0.6 is 0 Å². The average molecular weight is 542 g/mol. The van der Waals surface area contributed by atoms with Gasteiger partial charge in [0.2, 0.25) is 0 Å². The van der Waals surface area contributed by atoms with Crippen LogP contribution in [0.3, 0.4) is 0 Å². The Morgan fingerprint density at radius 1 is 0.872 bits per heavy atom. The summed E-state index contributed by atoms with van der Waals surface area (Å²) < 4.78 is 33.4. The summed E-state index contributed by atoms with van der Waals surface area (Å²) in [4.78, 5) is 25.1. The number of sulfonamides is 1. The Labute approximate surface area is 227 Å². The van der Waals surface area contributed by atoms with E-state index >= 15 is 0 Å². The fraction of sp³-hybridized carbons (Fsp3) is 0.100. The largest absolute Gasteiger partial charge is 0.423 e. The van der Waals surface area contributed by atoms with Crippen molar-refractivity contribution in [1.29, 1.82) is 0 Å². The van der Waals surface area contributed by atoms with Crippen molar-refractivity contribution in [1.82, 2.24) is 5.43 Å². The number of nitrogens with one attached hydrogen (secondary N) is 1. The number of nitrogens with zero attached hydrogens (tertiary/aromatic N) is 2. The average Bonchev–Trinajstić information content (AvgIpc) is 2.95. The number of amides is 1. The highest BCUT2D eigenvalue weighted by Gasteiger charge is 2.28. The van der Waals surface area contributed by atoms with Crippen molar-refractivity contribution in [2.45, 2.75) is 18.7 Å². The first-order valence-electron chi connectivity index (χ1n) is 12.1. The van der Waals surface area contributed by atoms with Crippen LogP contribution in [-0.4, -0.2) is 33.1 Å². The molecule has 0 aliphatic rings. The van der Waals surface area contributed by atoms with Gasteiger partial charge in [-0.2, -0.15) is 5.10 Å². The summed E-state index contributed by atoms with van der Waals surface area (Å²) >= 11 is 0. The van der Waals surface area contributed by atoms with E-state index in [1.54, 1.807) is 79.7 Å². The van der Waals surface area contributed by atoms with Crippen LogP contribution in [0.25, 0.3) is 0 Å². The van der Waals surface area contributed by atoms with Gasteiger partial charge in [-0.25, -0.2) is 18.6 Å². The summed E-state index contributed by atoms with van der Waals surface area (Å²) in [5.41, 5.74) is 5.46. The van der Waals surface area contributed by atoms with E-state index in [4.69, 9.17) is 4.74 Å². The van der Waals surface area contributed by atoms with Gasteiger partial charge in [0.1, 0.15) is 12.3 Å². The number of anilines is 1. The van der Waals surface area contributed by atoms with E-state index in [0.29, 0.717) is 28.1 Å². The Hall–Kier alpha value is -4.76. The topological polar surface area (TPSA) is 105 Å². The van der Waals surface area contributed by atoms with Crippen LogP contribution in [0.5, 0.6) is 5.75 Å². The fourth-order valence-electron chi connectivity index (χ4n) is 3.71. The van der Waals surface area contributed by atoms with E-state index in [1.807, 2.05) is 25.1 Å². The minimum atomic E-state index is -4.02. The van der Waals surface area contributed by atoms with E-state index in [9.17, 15) is 18.0 Å². The molecule has 4 aromatic rings. The maximum Gasteiger partial charge on any atom is 0.343 e. The van der Waals surface area contributed by atoms with Gasteiger partial charge >= 0.3 is 5.97 Å². The summed E-state index contributed by atoms with van der Waals surface area (Å²) in [5.74, 6) is -0.719. The van der Waals surface area contributed by atoms with Crippen molar-refractivity contribution in [3.05, 3.63) is 125 Å². The third-order valence-corrected chi connectivity index (χ3v) is 7.53. The van der Waals surface area contributed by atoms with Gasteiger partial charge in [0.15, 0.2) is 0 Å². The fourth-order valence-corrected chi connectivity index (χ4v) is 5.21. The number of rotatable bonds is 9. The maximum atomic E-state index is 13.5. The molecule has 0 aromatic heterocycles. The van der Waals surface area contributed by atoms with Gasteiger partial charge in [0.05, 0.1) is 22.4 Å². The first kappa shape index (κ1) is 27.3. The Morgan fingerprint density at radius 3 is 2.18 bits per heavy atom. The predicted octanol–water partition coefficient (Wildman–Crippen LogP) is 4.87. The Kier molecular flexibility index (Phi) is 8.53. The molecule has 8 nitrogen and oxygen atoms in total. The van der Waals surface area contributed by atoms with E-state index in [0.717, 1.165) is 9.87 Å². The van der Waals surface area contributed by atoms with E-state index in [-0.39, 0.29) is 4.90 Å². The molecule has 4 rings (SSSR count). The molecule has 0 aliphatic heterocycles. The molecule has 0 bridgehead atoms. The van der Waals surface area contributed by atoms with Crippen molar-refractivity contribution in [3.8, 4) is 5.75 Å². The summed E-state index contributed by atoms with van der Waals surface area (Å²) in [6.45, 7) is 3.18. The zero-order valence-corrected chi connectivity index (χ0v) is 22.3. The Bertz CT molecular complexity index is 1590. The van der Waals surface area contributed by atoms with E-state index < -0.39 is 28.4 Å². The molecule has 1 amide bonds. The first-order chi connectivity index (χ1) is 18.7. The second-order valence-electron chi connectivity index (χ2n) is 8.73. The number of esters is 1. The molecule has 0 atom stereocenters. The third-order valence-electron chi connectivity index (χ3n) is 5.75. The van der Waals surface area contributed by atoms with Crippen molar-refractivity contribution in [2.75, 3.05) is 10.8 Å². The molecular weight excluding hydrogens is 514 g/mol. The summed E-state index contributed by atoms with van der Waals surface area (Å²) in [6.07, 6.45) is 1.41. The minimum Gasteiger partial charge on any atom is -0.423 e. The van der Waals surface area contributed by atoms with Gasteiger partial charge in [0, 0.05) is 0 Å². The molecule has 39 heavy (non-hydrogen) atoms. The highest BCUT2D eigenvalue weighted by molar-refractivity contribution is 7.92. The maximum absolute atomic E-state index is 13.5. The van der Waals surface area contributed by atoms with Crippen molar-refractivity contribution in [3.63, 3.8) is 0 Å². The molecule has 198 valence electrons. The van der Waals surface area contributed by atoms with Crippen LogP contribution in [0.15, 0.2) is 113 Å². The number of ether oxygens (including phenoxy) is 1. The number of carbonyl (C=O) groups is 2. The predicted molar refractivity (Wildman–Crippen MR) is 150 cm³/mol. The molecule has 0 unspecified atom stereocenters. The molecule has 0 saturated heterocycles. The van der Waals surface area contributed by atoms with Crippen LogP contribution in [0.4, 0.5) is 5.69 Å². The molecule has 1 N–H and O–H groups in total. The zero-order chi connectivity index (χ0) is 27.8. The standard InChI is InChI=1S/C30H27N3O5S/c1-22-13-14-23(2)28(19-22)33(39(36,37)27-11-7-4-8-12-27)21-29(34)32-31-20-24-15-17-26(18-16-24)38-30(35)25-9-5-3-6-10-25/h3-20H,21H2,1-2H3,(H,32,34)/b31-20-. The summed E-state index contributed by atoms with van der Waals surface area (Å²) in [7, 11) is -4.02. The summed E-state index contributed by atoms with van der Waals surface area (Å²) in [5, 5.41) is 3.97. The van der Waals surface area contributed by atoms with Crippen LogP contribution in [0.2, 0.25) is 0 Å². The van der Waals surface area contributed by atoms with Gasteiger partial charge in [-0.1, -0.05) is 48.5 Å². The van der Waals surface area contributed by atoms with Crippen LogP contribution in [0, 0.1) is 13.8 Å². The van der Waals surface area contributed by atoms with Crippen molar-refractivity contribution in [2.24, 2.45) is 5.10 Å². The lowest BCUT2D eigenvalue weighted by molar-refractivity contribution is -0.119. The van der Waals surface area contributed by atoms with Gasteiger partial charge in [-0.3, -0.25) is 9.10 Å². The van der Waals surface area contributed by atoms with Crippen LogP contribution in [-0.2, 0) is 14.8 Å². The lowest BCUT2D eigenvalue weighted by atomic mass is 10.1. The number of hydrogen-bond acceptors (Lipinski definition) is 6. The summed E-state index contributed by atoms with van der Waals surface area (Å²) in [6, 6.07) is 28.6. The molecule has 4 aromatic carbocycles. The number of carbonyl (C=O) groups excluding carboxylic acids is 2. The Balaban J connectivity index is 1.44.